The van der Waals surface area contributed by atoms with Crippen LogP contribution in [0.5, 0.6) is 0 Å². The number of rotatable bonds is 5. The molecule has 128 valence electrons. The van der Waals surface area contributed by atoms with Crippen molar-refractivity contribution in [2.75, 3.05) is 18.2 Å². The van der Waals surface area contributed by atoms with Crippen LogP contribution in [0, 0.1) is 15.9 Å². The highest BCUT2D eigenvalue weighted by atomic mass is 32.2. The fourth-order valence-electron chi connectivity index (χ4n) is 2.42. The normalized spacial score (nSPS) is 12.7. The van der Waals surface area contributed by atoms with Crippen molar-refractivity contribution >= 4 is 21.2 Å². The van der Waals surface area contributed by atoms with E-state index in [1.54, 1.807) is 37.1 Å². The van der Waals surface area contributed by atoms with Crippen LogP contribution in [0.1, 0.15) is 18.5 Å². The molecule has 0 N–H and O–H groups in total. The van der Waals surface area contributed by atoms with Gasteiger partial charge in [0.1, 0.15) is 10.7 Å². The molecule has 0 spiro atoms. The zero-order valence-corrected chi connectivity index (χ0v) is 14.2. The van der Waals surface area contributed by atoms with Crippen molar-refractivity contribution in [2.24, 2.45) is 0 Å². The molecule has 2 aromatic carbocycles. The molecular formula is C16H17FN2O4S. The van der Waals surface area contributed by atoms with E-state index < -0.39 is 20.4 Å². The third-order valence-electron chi connectivity index (χ3n) is 3.88. The molecule has 0 aromatic heterocycles. The van der Waals surface area contributed by atoms with Gasteiger partial charge in [0, 0.05) is 30.6 Å². The number of hydrogen-bond donors (Lipinski definition) is 0. The largest absolute Gasteiger partial charge is 0.368 e. The molecule has 0 aliphatic heterocycles. The number of hydrogen-bond acceptors (Lipinski definition) is 5. The van der Waals surface area contributed by atoms with Crippen LogP contribution in [0.2, 0.25) is 0 Å². The van der Waals surface area contributed by atoms with E-state index in [-0.39, 0.29) is 16.8 Å². The van der Waals surface area contributed by atoms with Gasteiger partial charge in [-0.2, -0.15) is 0 Å². The number of sulfone groups is 1. The summed E-state index contributed by atoms with van der Waals surface area (Å²) < 4.78 is 37.6. The Bertz CT molecular complexity index is 883. The van der Waals surface area contributed by atoms with Gasteiger partial charge in [-0.15, -0.1) is 0 Å². The average Bonchev–Trinajstić information content (AvgIpc) is 2.52. The average molecular weight is 352 g/mol. The smallest absolute Gasteiger partial charge is 0.288 e. The predicted octanol–water partition coefficient (Wildman–Crippen LogP) is 3.33. The van der Waals surface area contributed by atoms with Crippen LogP contribution in [0.25, 0.3) is 0 Å². The van der Waals surface area contributed by atoms with Crippen LogP contribution >= 0.6 is 0 Å². The molecule has 0 radical (unpaired) electrons. The first-order valence-electron chi connectivity index (χ1n) is 7.08. The Morgan fingerprint density at radius 2 is 1.83 bits per heavy atom. The third-order valence-corrected chi connectivity index (χ3v) is 5.01. The molecule has 0 aliphatic rings. The van der Waals surface area contributed by atoms with Gasteiger partial charge in [-0.3, -0.25) is 10.1 Å². The van der Waals surface area contributed by atoms with Crippen molar-refractivity contribution < 1.29 is 17.7 Å². The number of anilines is 1. The van der Waals surface area contributed by atoms with E-state index in [9.17, 15) is 22.9 Å². The van der Waals surface area contributed by atoms with Crippen molar-refractivity contribution in [2.45, 2.75) is 17.9 Å². The second-order valence-electron chi connectivity index (χ2n) is 5.49. The number of benzene rings is 2. The lowest BCUT2D eigenvalue weighted by Crippen LogP contribution is -2.22. The first-order valence-corrected chi connectivity index (χ1v) is 8.98. The Labute approximate surface area is 139 Å². The van der Waals surface area contributed by atoms with E-state index in [0.29, 0.717) is 11.3 Å². The Morgan fingerprint density at radius 1 is 1.21 bits per heavy atom. The molecule has 1 atom stereocenters. The number of nitrogens with zero attached hydrogens (tertiary/aromatic N) is 2. The first kappa shape index (κ1) is 17.9. The molecule has 0 amide bonds. The lowest BCUT2D eigenvalue weighted by molar-refractivity contribution is -0.387. The van der Waals surface area contributed by atoms with E-state index >= 15 is 0 Å². The number of halogens is 1. The topological polar surface area (TPSA) is 80.5 Å². The Hall–Kier alpha value is -2.48. The van der Waals surface area contributed by atoms with E-state index in [4.69, 9.17) is 0 Å². The summed E-state index contributed by atoms with van der Waals surface area (Å²) in [6, 6.07) is 9.72. The maximum Gasteiger partial charge on any atom is 0.288 e. The SMILES string of the molecule is CC(c1ccccc1F)N(C)c1ccc([N+](=O)[O-])c(S(C)(=O)=O)c1. The number of nitro groups is 1. The van der Waals surface area contributed by atoms with Crippen molar-refractivity contribution in [3.8, 4) is 0 Å². The van der Waals surface area contributed by atoms with Gasteiger partial charge in [-0.1, -0.05) is 18.2 Å². The highest BCUT2D eigenvalue weighted by molar-refractivity contribution is 7.90. The van der Waals surface area contributed by atoms with Crippen LogP contribution in [0.15, 0.2) is 47.4 Å². The van der Waals surface area contributed by atoms with Crippen LogP contribution in [-0.4, -0.2) is 26.6 Å². The van der Waals surface area contributed by atoms with E-state index in [0.717, 1.165) is 12.3 Å². The van der Waals surface area contributed by atoms with Crippen molar-refractivity contribution in [1.82, 2.24) is 0 Å². The number of nitro benzene ring substituents is 1. The van der Waals surface area contributed by atoms with E-state index in [1.807, 2.05) is 0 Å². The second-order valence-corrected chi connectivity index (χ2v) is 7.47. The minimum absolute atomic E-state index is 0.363. The maximum absolute atomic E-state index is 13.9. The van der Waals surface area contributed by atoms with Crippen molar-refractivity contribution in [3.05, 3.63) is 64.0 Å². The van der Waals surface area contributed by atoms with Crippen LogP contribution < -0.4 is 4.90 Å². The zero-order valence-electron chi connectivity index (χ0n) is 13.4. The first-order chi connectivity index (χ1) is 11.1. The summed E-state index contributed by atoms with van der Waals surface area (Å²) in [5.41, 5.74) is 0.407. The van der Waals surface area contributed by atoms with Gasteiger partial charge in [0.2, 0.25) is 0 Å². The third kappa shape index (κ3) is 3.53. The molecular weight excluding hydrogens is 335 g/mol. The molecule has 0 aliphatic carbocycles. The molecule has 0 heterocycles. The van der Waals surface area contributed by atoms with Gasteiger partial charge in [-0.25, -0.2) is 12.8 Å². The van der Waals surface area contributed by atoms with Crippen LogP contribution in [0.3, 0.4) is 0 Å². The Kier molecular flexibility index (Phi) is 4.88. The van der Waals surface area contributed by atoms with Gasteiger partial charge in [0.15, 0.2) is 9.84 Å². The molecule has 6 nitrogen and oxygen atoms in total. The van der Waals surface area contributed by atoms with Gasteiger partial charge in [0.25, 0.3) is 5.69 Å². The minimum atomic E-state index is -3.78. The molecule has 0 saturated heterocycles. The summed E-state index contributed by atoms with van der Waals surface area (Å²) in [7, 11) is -2.10. The summed E-state index contributed by atoms with van der Waals surface area (Å²) in [4.78, 5) is 11.6. The van der Waals surface area contributed by atoms with Crippen LogP contribution in [-0.2, 0) is 9.84 Å². The summed E-state index contributed by atoms with van der Waals surface area (Å²) in [5, 5.41) is 11.0. The van der Waals surface area contributed by atoms with Gasteiger partial charge in [0.05, 0.1) is 11.0 Å². The summed E-state index contributed by atoms with van der Waals surface area (Å²) in [6.45, 7) is 1.76. The van der Waals surface area contributed by atoms with Crippen molar-refractivity contribution in [1.29, 1.82) is 0 Å². The molecule has 0 fully saturated rings. The van der Waals surface area contributed by atoms with Crippen LogP contribution in [0.4, 0.5) is 15.8 Å². The van der Waals surface area contributed by atoms with Crippen molar-refractivity contribution in [3.63, 3.8) is 0 Å². The summed E-state index contributed by atoms with van der Waals surface area (Å²) in [6.07, 6.45) is 0.916. The standard InChI is InChI=1S/C16H17FN2O4S/c1-11(13-6-4-5-7-14(13)17)18(2)12-8-9-15(19(20)21)16(10-12)24(3,22)23/h4-11H,1-3H3. The molecule has 2 rings (SSSR count). The van der Waals surface area contributed by atoms with Gasteiger partial charge >= 0.3 is 0 Å². The highest BCUT2D eigenvalue weighted by Gasteiger charge is 2.24. The summed E-state index contributed by atoms with van der Waals surface area (Å²) >= 11 is 0. The fraction of sp³-hybridized carbons (Fsp3) is 0.250. The summed E-state index contributed by atoms with van der Waals surface area (Å²) in [5.74, 6) is -0.373. The second kappa shape index (κ2) is 6.56. The maximum atomic E-state index is 13.9. The molecule has 1 unspecified atom stereocenters. The fourth-order valence-corrected chi connectivity index (χ4v) is 3.27. The predicted molar refractivity (Wildman–Crippen MR) is 89.4 cm³/mol. The van der Waals surface area contributed by atoms with Gasteiger partial charge < -0.3 is 4.90 Å². The monoisotopic (exact) mass is 352 g/mol. The molecule has 2 aromatic rings. The highest BCUT2D eigenvalue weighted by Crippen LogP contribution is 2.32. The minimum Gasteiger partial charge on any atom is -0.368 e. The van der Waals surface area contributed by atoms with Gasteiger partial charge in [-0.05, 0) is 25.1 Å². The quantitative estimate of drug-likeness (QED) is 0.609. The molecule has 24 heavy (non-hydrogen) atoms. The lowest BCUT2D eigenvalue weighted by Gasteiger charge is -2.28. The molecule has 0 saturated carbocycles. The molecule has 8 heteroatoms. The van der Waals surface area contributed by atoms with E-state index in [1.165, 1.54) is 18.2 Å². The molecule has 0 bridgehead atoms. The zero-order chi connectivity index (χ0) is 18.1. The van der Waals surface area contributed by atoms with E-state index in [2.05, 4.69) is 0 Å². The lowest BCUT2D eigenvalue weighted by atomic mass is 10.1. The Morgan fingerprint density at radius 3 is 2.38 bits per heavy atom. The Balaban J connectivity index is 2.49.